The number of nitrogens with one attached hydrogen (secondary N) is 1. The second-order valence-electron chi connectivity index (χ2n) is 5.51. The van der Waals surface area contributed by atoms with Crippen LogP contribution in [0, 0.1) is 0 Å². The van der Waals surface area contributed by atoms with Gasteiger partial charge in [-0.15, -0.1) is 16.4 Å². The normalized spacial score (nSPS) is 10.9. The zero-order valence-electron chi connectivity index (χ0n) is 13.7. The molecular formula is C18H12Cl2N4O2S. The summed E-state index contributed by atoms with van der Waals surface area (Å²) in [5.74, 6) is 0.636. The van der Waals surface area contributed by atoms with Crippen LogP contribution < -0.4 is 5.32 Å². The molecule has 0 aliphatic rings. The van der Waals surface area contributed by atoms with Gasteiger partial charge in [-0.05, 0) is 41.8 Å². The zero-order valence-corrected chi connectivity index (χ0v) is 16.1. The maximum absolute atomic E-state index is 13.0. The monoisotopic (exact) mass is 418 g/mol. The van der Waals surface area contributed by atoms with Gasteiger partial charge in [-0.3, -0.25) is 4.79 Å². The maximum Gasteiger partial charge on any atom is 0.282 e. The van der Waals surface area contributed by atoms with E-state index in [1.165, 1.54) is 17.0 Å². The highest BCUT2D eigenvalue weighted by atomic mass is 35.5. The van der Waals surface area contributed by atoms with E-state index < -0.39 is 5.91 Å². The minimum Gasteiger partial charge on any atom is -0.461 e. The quantitative estimate of drug-likeness (QED) is 0.481. The molecule has 27 heavy (non-hydrogen) atoms. The number of carbonyl (C=O) groups is 1. The summed E-state index contributed by atoms with van der Waals surface area (Å²) in [5, 5.41) is 10.1. The van der Waals surface area contributed by atoms with Crippen LogP contribution in [0.1, 0.15) is 15.2 Å². The summed E-state index contributed by atoms with van der Waals surface area (Å²) in [7, 11) is 0. The number of aromatic nitrogens is 3. The summed E-state index contributed by atoms with van der Waals surface area (Å²) in [4.78, 5) is 18.5. The minimum absolute atomic E-state index is 0.242. The van der Waals surface area contributed by atoms with Gasteiger partial charge in [-0.25, -0.2) is 0 Å². The number of hydrogen-bond acceptors (Lipinski definition) is 6. The van der Waals surface area contributed by atoms with Crippen molar-refractivity contribution in [1.82, 2.24) is 14.8 Å². The number of carbonyl (C=O) groups excluding carboxylic acids is 1. The lowest BCUT2D eigenvalue weighted by atomic mass is 10.2. The molecule has 0 saturated heterocycles. The Morgan fingerprint density at radius 2 is 2.11 bits per heavy atom. The predicted octanol–water partition coefficient (Wildman–Crippen LogP) is 5.21. The molecule has 9 heteroatoms. The second kappa shape index (κ2) is 7.56. The molecule has 0 bridgehead atoms. The van der Waals surface area contributed by atoms with Crippen LogP contribution >= 0.6 is 34.5 Å². The van der Waals surface area contributed by atoms with E-state index in [1.54, 1.807) is 35.6 Å². The van der Waals surface area contributed by atoms with Crippen LogP contribution in [0.25, 0.3) is 11.6 Å². The molecule has 136 valence electrons. The van der Waals surface area contributed by atoms with Gasteiger partial charge in [-0.2, -0.15) is 9.67 Å². The number of thiophene rings is 1. The fourth-order valence-electron chi connectivity index (χ4n) is 2.43. The van der Waals surface area contributed by atoms with Crippen molar-refractivity contribution in [1.29, 1.82) is 0 Å². The highest BCUT2D eigenvalue weighted by Crippen LogP contribution is 2.25. The van der Waals surface area contributed by atoms with Crippen LogP contribution in [0.2, 0.25) is 10.0 Å². The lowest BCUT2D eigenvalue weighted by Crippen LogP contribution is -2.17. The molecule has 0 unspecified atom stereocenters. The summed E-state index contributed by atoms with van der Waals surface area (Å²) >= 11 is 13.7. The summed E-state index contributed by atoms with van der Waals surface area (Å²) in [6, 6.07) is 12.1. The topological polar surface area (TPSA) is 73.0 Å². The van der Waals surface area contributed by atoms with Crippen molar-refractivity contribution in [3.63, 3.8) is 0 Å². The molecule has 3 heterocycles. The van der Waals surface area contributed by atoms with Gasteiger partial charge in [0.2, 0.25) is 11.8 Å². The Morgan fingerprint density at radius 3 is 2.81 bits per heavy atom. The highest BCUT2D eigenvalue weighted by Gasteiger charge is 2.21. The second-order valence-corrected chi connectivity index (χ2v) is 7.39. The van der Waals surface area contributed by atoms with Crippen molar-refractivity contribution in [3.8, 4) is 11.6 Å². The van der Waals surface area contributed by atoms with Crippen LogP contribution in [-0.2, 0) is 6.54 Å². The van der Waals surface area contributed by atoms with Gasteiger partial charge < -0.3 is 9.73 Å². The third-order valence-corrected chi connectivity index (χ3v) is 5.13. The molecule has 6 nitrogen and oxygen atoms in total. The van der Waals surface area contributed by atoms with Crippen molar-refractivity contribution in [2.24, 2.45) is 0 Å². The number of benzene rings is 1. The van der Waals surface area contributed by atoms with Crippen LogP contribution in [0.5, 0.6) is 0 Å². The first-order valence-electron chi connectivity index (χ1n) is 7.89. The molecule has 4 rings (SSSR count). The fraction of sp³-hybridized carbons (Fsp3) is 0.0556. The Balaban J connectivity index is 1.71. The Morgan fingerprint density at radius 1 is 1.22 bits per heavy atom. The lowest BCUT2D eigenvalue weighted by molar-refractivity contribution is 0.0947. The number of anilines is 1. The third-order valence-electron chi connectivity index (χ3n) is 3.70. The predicted molar refractivity (Wildman–Crippen MR) is 106 cm³/mol. The van der Waals surface area contributed by atoms with E-state index in [4.69, 9.17) is 27.6 Å². The van der Waals surface area contributed by atoms with E-state index >= 15 is 0 Å². The smallest absolute Gasteiger partial charge is 0.282 e. The van der Waals surface area contributed by atoms with Crippen LogP contribution in [0.4, 0.5) is 5.95 Å². The summed E-state index contributed by atoms with van der Waals surface area (Å²) in [6.45, 7) is 0.510. The third kappa shape index (κ3) is 3.75. The van der Waals surface area contributed by atoms with Gasteiger partial charge in [0.25, 0.3) is 5.91 Å². The van der Waals surface area contributed by atoms with Crippen molar-refractivity contribution in [2.45, 2.75) is 6.54 Å². The van der Waals surface area contributed by atoms with Gasteiger partial charge in [-0.1, -0.05) is 29.3 Å². The summed E-state index contributed by atoms with van der Waals surface area (Å²) < 4.78 is 6.53. The number of nitrogens with zero attached hydrogens (tertiary/aromatic N) is 3. The Labute approximate surface area is 168 Å². The number of furan rings is 1. The molecule has 3 aromatic heterocycles. The first-order chi connectivity index (χ1) is 13.1. The molecule has 1 N–H and O–H groups in total. The van der Waals surface area contributed by atoms with Gasteiger partial charge in [0.05, 0.1) is 23.4 Å². The SMILES string of the molecule is O=C(c1ccc(Cl)cc1Cl)n1nc(-c2ccco2)nc1NCc1cccs1. The maximum atomic E-state index is 13.0. The first-order valence-corrected chi connectivity index (χ1v) is 9.52. The molecule has 0 aliphatic carbocycles. The number of rotatable bonds is 5. The molecule has 0 spiro atoms. The largest absolute Gasteiger partial charge is 0.461 e. The van der Waals surface area contributed by atoms with E-state index in [-0.39, 0.29) is 10.6 Å². The average Bonchev–Trinajstić information content (AvgIpc) is 3.39. The van der Waals surface area contributed by atoms with Crippen molar-refractivity contribution >= 4 is 46.4 Å². The van der Waals surface area contributed by atoms with Crippen LogP contribution in [0.15, 0.2) is 58.5 Å². The van der Waals surface area contributed by atoms with Crippen LogP contribution in [0.3, 0.4) is 0 Å². The number of halogens is 2. The Kier molecular flexibility index (Phi) is 4.98. The standard InChI is InChI=1S/C18H12Cl2N4O2S/c19-11-5-6-13(14(20)9-11)17(25)24-18(21-10-12-3-2-8-27-12)22-16(23-24)15-4-1-7-26-15/h1-9H,10H2,(H,21,22,23). The van der Waals surface area contributed by atoms with Gasteiger partial charge >= 0.3 is 0 Å². The minimum atomic E-state index is -0.421. The molecule has 4 aromatic rings. The average molecular weight is 419 g/mol. The van der Waals surface area contributed by atoms with Gasteiger partial charge in [0.1, 0.15) is 0 Å². The Bertz CT molecular complexity index is 1080. The molecule has 0 aliphatic heterocycles. The molecule has 0 amide bonds. The van der Waals surface area contributed by atoms with Crippen molar-refractivity contribution in [3.05, 3.63) is 74.6 Å². The Hall–Kier alpha value is -2.61. The van der Waals surface area contributed by atoms with Crippen molar-refractivity contribution < 1.29 is 9.21 Å². The van der Waals surface area contributed by atoms with E-state index in [2.05, 4.69) is 15.4 Å². The van der Waals surface area contributed by atoms with E-state index in [9.17, 15) is 4.79 Å². The first kappa shape index (κ1) is 17.8. The van der Waals surface area contributed by atoms with Gasteiger partial charge in [0.15, 0.2) is 5.76 Å². The van der Waals surface area contributed by atoms with Gasteiger partial charge in [0, 0.05) is 9.90 Å². The van der Waals surface area contributed by atoms with E-state index in [1.807, 2.05) is 17.5 Å². The molecule has 0 radical (unpaired) electrons. The molecular weight excluding hydrogens is 407 g/mol. The summed E-state index contributed by atoms with van der Waals surface area (Å²) in [6.07, 6.45) is 1.52. The molecule has 1 aromatic carbocycles. The number of hydrogen-bond donors (Lipinski definition) is 1. The van der Waals surface area contributed by atoms with Crippen molar-refractivity contribution in [2.75, 3.05) is 5.32 Å². The lowest BCUT2D eigenvalue weighted by Gasteiger charge is -2.07. The van der Waals surface area contributed by atoms with Crippen LogP contribution in [-0.4, -0.2) is 20.7 Å². The fourth-order valence-corrected chi connectivity index (χ4v) is 3.57. The highest BCUT2D eigenvalue weighted by molar-refractivity contribution is 7.09. The van der Waals surface area contributed by atoms with E-state index in [0.29, 0.717) is 29.1 Å². The molecule has 0 atom stereocenters. The molecule has 0 fully saturated rings. The zero-order chi connectivity index (χ0) is 18.8. The molecule has 0 saturated carbocycles. The summed E-state index contributed by atoms with van der Waals surface area (Å²) in [5.41, 5.74) is 0.274. The van der Waals surface area contributed by atoms with E-state index in [0.717, 1.165) is 4.88 Å².